The van der Waals surface area contributed by atoms with Crippen LogP contribution in [-0.4, -0.2) is 20.8 Å². The first-order valence-corrected chi connectivity index (χ1v) is 5.55. The summed E-state index contributed by atoms with van der Waals surface area (Å²) in [5.74, 6) is 0. The molecule has 0 bridgehead atoms. The van der Waals surface area contributed by atoms with E-state index in [0.29, 0.717) is 11.6 Å². The molecule has 1 N–H and O–H groups in total. The van der Waals surface area contributed by atoms with E-state index in [0.717, 1.165) is 17.0 Å². The Bertz CT molecular complexity index is 317. The van der Waals surface area contributed by atoms with E-state index in [1.165, 1.54) is 0 Å². The maximum absolute atomic E-state index is 6.11. The number of hydrogen-bond donors (Lipinski definition) is 1. The molecule has 0 heterocycles. The van der Waals surface area contributed by atoms with Crippen molar-refractivity contribution in [3.8, 4) is 0 Å². The van der Waals surface area contributed by atoms with E-state index in [1.54, 1.807) is 13.2 Å². The summed E-state index contributed by atoms with van der Waals surface area (Å²) in [5, 5.41) is 4.63. The molecule has 0 saturated carbocycles. The third kappa shape index (κ3) is 3.65. The van der Waals surface area contributed by atoms with Crippen LogP contribution in [0.25, 0.3) is 0 Å². The molecule has 1 rings (SSSR count). The van der Waals surface area contributed by atoms with Gasteiger partial charge in [0, 0.05) is 29.8 Å². The van der Waals surface area contributed by atoms with Gasteiger partial charge in [-0.15, -0.1) is 0 Å². The van der Waals surface area contributed by atoms with E-state index in [1.807, 2.05) is 19.2 Å². The van der Waals surface area contributed by atoms with Crippen LogP contribution in [0.3, 0.4) is 0 Å². The zero-order valence-electron chi connectivity index (χ0n) is 8.89. The summed E-state index contributed by atoms with van der Waals surface area (Å²) in [4.78, 5) is 0. The fraction of sp³-hybridized carbons (Fsp3) is 0.455. The van der Waals surface area contributed by atoms with Crippen LogP contribution in [0, 0.1) is 0 Å². The van der Waals surface area contributed by atoms with Gasteiger partial charge in [-0.1, -0.05) is 23.2 Å². The molecule has 0 aliphatic rings. The summed E-state index contributed by atoms with van der Waals surface area (Å²) in [6.07, 6.45) is 0.868. The van der Waals surface area contributed by atoms with Crippen molar-refractivity contribution in [2.75, 3.05) is 20.8 Å². The summed E-state index contributed by atoms with van der Waals surface area (Å²) in [5.41, 5.74) is 1.02. The lowest BCUT2D eigenvalue weighted by Gasteiger charge is -2.17. The first-order chi connectivity index (χ1) is 7.19. The van der Waals surface area contributed by atoms with E-state index in [-0.39, 0.29) is 6.04 Å². The molecule has 15 heavy (non-hydrogen) atoms. The minimum atomic E-state index is 0.177. The molecule has 0 fully saturated rings. The van der Waals surface area contributed by atoms with Crippen molar-refractivity contribution < 1.29 is 4.74 Å². The number of halogens is 2. The van der Waals surface area contributed by atoms with Crippen LogP contribution in [0.1, 0.15) is 18.0 Å². The van der Waals surface area contributed by atoms with Crippen LogP contribution >= 0.6 is 23.2 Å². The molecule has 1 aromatic carbocycles. The number of hydrogen-bond acceptors (Lipinski definition) is 2. The Hall–Kier alpha value is -0.280. The molecule has 1 atom stereocenters. The van der Waals surface area contributed by atoms with E-state index in [2.05, 4.69) is 5.32 Å². The Labute approximate surface area is 101 Å². The van der Waals surface area contributed by atoms with Crippen LogP contribution in [0.15, 0.2) is 18.2 Å². The third-order valence-electron chi connectivity index (χ3n) is 2.29. The number of rotatable bonds is 5. The third-order valence-corrected chi connectivity index (χ3v) is 2.87. The first-order valence-electron chi connectivity index (χ1n) is 4.80. The molecule has 1 aromatic rings. The number of ether oxygens (including phenoxy) is 1. The van der Waals surface area contributed by atoms with E-state index < -0.39 is 0 Å². The Balaban J connectivity index is 2.85. The maximum atomic E-state index is 6.11. The average Bonchev–Trinajstić information content (AvgIpc) is 2.24. The van der Waals surface area contributed by atoms with Gasteiger partial charge in [0.05, 0.1) is 0 Å². The van der Waals surface area contributed by atoms with Gasteiger partial charge in [-0.2, -0.15) is 0 Å². The summed E-state index contributed by atoms with van der Waals surface area (Å²) < 4.78 is 5.05. The standard InChI is InChI=1S/C11H15Cl2NO/c1-14-11(5-6-15-2)9-7-8(12)3-4-10(9)13/h3-4,7,11,14H,5-6H2,1-2H3. The number of benzene rings is 1. The second-order valence-corrected chi connectivity index (χ2v) is 4.13. The van der Waals surface area contributed by atoms with Crippen LogP contribution in [0.5, 0.6) is 0 Å². The lowest BCUT2D eigenvalue weighted by molar-refractivity contribution is 0.184. The largest absolute Gasteiger partial charge is 0.385 e. The molecule has 84 valence electrons. The monoisotopic (exact) mass is 247 g/mol. The molecule has 0 spiro atoms. The highest BCUT2D eigenvalue weighted by Gasteiger charge is 2.12. The molecule has 0 amide bonds. The van der Waals surface area contributed by atoms with Crippen molar-refractivity contribution in [2.45, 2.75) is 12.5 Å². The molecular formula is C11H15Cl2NO. The van der Waals surface area contributed by atoms with Crippen molar-refractivity contribution in [2.24, 2.45) is 0 Å². The molecule has 0 saturated heterocycles. The van der Waals surface area contributed by atoms with Crippen LogP contribution in [0.4, 0.5) is 0 Å². The quantitative estimate of drug-likeness (QED) is 0.863. The molecule has 1 unspecified atom stereocenters. The molecule has 0 aliphatic heterocycles. The lowest BCUT2D eigenvalue weighted by atomic mass is 10.0. The highest BCUT2D eigenvalue weighted by Crippen LogP contribution is 2.27. The zero-order chi connectivity index (χ0) is 11.3. The fourth-order valence-corrected chi connectivity index (χ4v) is 1.90. The summed E-state index contributed by atoms with van der Waals surface area (Å²) in [6.45, 7) is 0.689. The number of nitrogens with one attached hydrogen (secondary N) is 1. The predicted octanol–water partition coefficient (Wildman–Crippen LogP) is 3.29. The Morgan fingerprint density at radius 1 is 1.40 bits per heavy atom. The number of methoxy groups -OCH3 is 1. The van der Waals surface area contributed by atoms with Gasteiger partial charge >= 0.3 is 0 Å². The van der Waals surface area contributed by atoms with E-state index in [9.17, 15) is 0 Å². The molecule has 0 radical (unpaired) electrons. The minimum absolute atomic E-state index is 0.177. The molecule has 0 aliphatic carbocycles. The van der Waals surface area contributed by atoms with Gasteiger partial charge in [-0.25, -0.2) is 0 Å². The van der Waals surface area contributed by atoms with Crippen molar-refractivity contribution in [3.05, 3.63) is 33.8 Å². The van der Waals surface area contributed by atoms with Crippen LogP contribution in [0.2, 0.25) is 10.0 Å². The van der Waals surface area contributed by atoms with Crippen molar-refractivity contribution in [1.82, 2.24) is 5.32 Å². The van der Waals surface area contributed by atoms with Crippen LogP contribution in [-0.2, 0) is 4.74 Å². The van der Waals surface area contributed by atoms with Gasteiger partial charge in [0.2, 0.25) is 0 Å². The van der Waals surface area contributed by atoms with E-state index >= 15 is 0 Å². The second-order valence-electron chi connectivity index (χ2n) is 3.29. The molecule has 4 heteroatoms. The normalized spacial score (nSPS) is 12.8. The topological polar surface area (TPSA) is 21.3 Å². The minimum Gasteiger partial charge on any atom is -0.385 e. The Kier molecular flexibility index (Phi) is 5.40. The van der Waals surface area contributed by atoms with Crippen LogP contribution < -0.4 is 5.32 Å². The van der Waals surface area contributed by atoms with Gasteiger partial charge < -0.3 is 10.1 Å². The zero-order valence-corrected chi connectivity index (χ0v) is 10.4. The maximum Gasteiger partial charge on any atom is 0.0480 e. The summed E-state index contributed by atoms with van der Waals surface area (Å²) in [7, 11) is 3.59. The van der Waals surface area contributed by atoms with Gasteiger partial charge in [-0.05, 0) is 37.2 Å². The molecular weight excluding hydrogens is 233 g/mol. The Morgan fingerprint density at radius 2 is 2.13 bits per heavy atom. The highest BCUT2D eigenvalue weighted by molar-refractivity contribution is 6.33. The van der Waals surface area contributed by atoms with Gasteiger partial charge in [0.15, 0.2) is 0 Å². The molecule has 0 aromatic heterocycles. The second kappa shape index (κ2) is 6.33. The Morgan fingerprint density at radius 3 is 2.73 bits per heavy atom. The molecule has 2 nitrogen and oxygen atoms in total. The van der Waals surface area contributed by atoms with Gasteiger partial charge in [-0.3, -0.25) is 0 Å². The van der Waals surface area contributed by atoms with Gasteiger partial charge in [0.1, 0.15) is 0 Å². The van der Waals surface area contributed by atoms with Crippen molar-refractivity contribution >= 4 is 23.2 Å². The predicted molar refractivity (Wildman–Crippen MR) is 64.8 cm³/mol. The fourth-order valence-electron chi connectivity index (χ4n) is 1.47. The van der Waals surface area contributed by atoms with Crippen molar-refractivity contribution in [3.63, 3.8) is 0 Å². The average molecular weight is 248 g/mol. The van der Waals surface area contributed by atoms with Crippen molar-refractivity contribution in [1.29, 1.82) is 0 Å². The van der Waals surface area contributed by atoms with Gasteiger partial charge in [0.25, 0.3) is 0 Å². The first kappa shape index (κ1) is 12.8. The summed E-state index contributed by atoms with van der Waals surface area (Å²) in [6, 6.07) is 5.67. The lowest BCUT2D eigenvalue weighted by Crippen LogP contribution is -2.18. The smallest absolute Gasteiger partial charge is 0.0480 e. The van der Waals surface area contributed by atoms with E-state index in [4.69, 9.17) is 27.9 Å². The SMILES string of the molecule is CNC(CCOC)c1cc(Cl)ccc1Cl. The highest BCUT2D eigenvalue weighted by atomic mass is 35.5. The summed E-state index contributed by atoms with van der Waals surface area (Å²) >= 11 is 12.0.